The summed E-state index contributed by atoms with van der Waals surface area (Å²) in [5.74, 6) is -0.0414. The third kappa shape index (κ3) is 3.64. The predicted molar refractivity (Wildman–Crippen MR) is 163 cm³/mol. The molecular weight excluding hydrogens is 542 g/mol. The van der Waals surface area contributed by atoms with Gasteiger partial charge >= 0.3 is 0 Å². The number of para-hydroxylation sites is 1. The Balaban J connectivity index is 1.54. The highest BCUT2D eigenvalue weighted by molar-refractivity contribution is 6.32. The SMILES string of the molecule is COc1ccc(C(=O)[C@@H]2[C@H](c3ccc(OC)c(OC)c3)C3(C(=O)c4ccccc4C3=O)[C@H]3C=Cc4ccccc4N23)cc1. The van der Waals surface area contributed by atoms with E-state index in [1.165, 1.54) is 7.11 Å². The zero-order valence-electron chi connectivity index (χ0n) is 23.9. The van der Waals surface area contributed by atoms with Gasteiger partial charge in [-0.1, -0.05) is 60.7 Å². The van der Waals surface area contributed by atoms with Crippen molar-refractivity contribution in [2.45, 2.75) is 18.0 Å². The molecule has 0 radical (unpaired) electrons. The minimum Gasteiger partial charge on any atom is -0.497 e. The number of methoxy groups -OCH3 is 3. The topological polar surface area (TPSA) is 82.1 Å². The van der Waals surface area contributed by atoms with Gasteiger partial charge in [-0.25, -0.2) is 0 Å². The number of ether oxygens (including phenoxy) is 3. The van der Waals surface area contributed by atoms with Crippen LogP contribution < -0.4 is 19.1 Å². The second-order valence-electron chi connectivity index (χ2n) is 11.0. The Hall–Kier alpha value is -5.17. The fourth-order valence-corrected chi connectivity index (χ4v) is 7.26. The van der Waals surface area contributed by atoms with E-state index in [0.29, 0.717) is 39.5 Å². The van der Waals surface area contributed by atoms with E-state index in [9.17, 15) is 14.4 Å². The molecule has 1 aliphatic carbocycles. The molecule has 0 amide bonds. The van der Waals surface area contributed by atoms with E-state index in [-0.39, 0.29) is 17.3 Å². The number of nitrogens with zero attached hydrogens (tertiary/aromatic N) is 1. The van der Waals surface area contributed by atoms with Crippen LogP contribution in [0.1, 0.15) is 48.1 Å². The second-order valence-corrected chi connectivity index (χ2v) is 11.0. The van der Waals surface area contributed by atoms with Crippen molar-refractivity contribution >= 4 is 29.1 Å². The average molecular weight is 572 g/mol. The molecule has 4 aromatic rings. The van der Waals surface area contributed by atoms with Gasteiger partial charge in [0.25, 0.3) is 0 Å². The first-order chi connectivity index (χ1) is 20.9. The van der Waals surface area contributed by atoms with Crippen LogP contribution in [0.15, 0.2) is 97.1 Å². The molecule has 7 heteroatoms. The zero-order valence-corrected chi connectivity index (χ0v) is 23.9. The fraction of sp³-hybridized carbons (Fsp3) is 0.194. The minimum atomic E-state index is -1.60. The molecule has 214 valence electrons. The van der Waals surface area contributed by atoms with Gasteiger partial charge in [0.05, 0.1) is 27.4 Å². The van der Waals surface area contributed by atoms with Crippen LogP contribution in [0.25, 0.3) is 6.08 Å². The zero-order chi connectivity index (χ0) is 29.9. The van der Waals surface area contributed by atoms with E-state index in [1.54, 1.807) is 74.9 Å². The molecule has 2 aliphatic heterocycles. The van der Waals surface area contributed by atoms with E-state index in [2.05, 4.69) is 0 Å². The molecule has 2 heterocycles. The van der Waals surface area contributed by atoms with Crippen LogP contribution >= 0.6 is 0 Å². The molecule has 43 heavy (non-hydrogen) atoms. The fourth-order valence-electron chi connectivity index (χ4n) is 7.26. The lowest BCUT2D eigenvalue weighted by molar-refractivity contribution is 0.0665. The highest BCUT2D eigenvalue weighted by Gasteiger charge is 2.71. The van der Waals surface area contributed by atoms with Gasteiger partial charge in [0.2, 0.25) is 0 Å². The average Bonchev–Trinajstić information content (AvgIpc) is 3.50. The van der Waals surface area contributed by atoms with Crippen molar-refractivity contribution in [3.63, 3.8) is 0 Å². The second kappa shape index (κ2) is 9.98. The first-order valence-electron chi connectivity index (χ1n) is 14.1. The van der Waals surface area contributed by atoms with Crippen molar-refractivity contribution in [2.75, 3.05) is 26.2 Å². The number of ketones is 3. The van der Waals surface area contributed by atoms with Gasteiger partial charge in [0.1, 0.15) is 17.2 Å². The van der Waals surface area contributed by atoms with Crippen molar-refractivity contribution in [3.8, 4) is 17.2 Å². The lowest BCUT2D eigenvalue weighted by Gasteiger charge is -2.37. The third-order valence-electron chi connectivity index (χ3n) is 9.12. The minimum absolute atomic E-state index is 0.203. The quantitative estimate of drug-likeness (QED) is 0.207. The summed E-state index contributed by atoms with van der Waals surface area (Å²) in [6.07, 6.45) is 3.87. The highest BCUT2D eigenvalue weighted by Crippen LogP contribution is 2.61. The van der Waals surface area contributed by atoms with Gasteiger partial charge in [-0.2, -0.15) is 0 Å². The van der Waals surface area contributed by atoms with Crippen molar-refractivity contribution in [1.82, 2.24) is 0 Å². The molecule has 3 aliphatic rings. The monoisotopic (exact) mass is 571 g/mol. The van der Waals surface area contributed by atoms with Gasteiger partial charge in [-0.05, 0) is 53.6 Å². The molecular formula is C36H29NO6. The van der Waals surface area contributed by atoms with Crippen LogP contribution in [0.3, 0.4) is 0 Å². The summed E-state index contributed by atoms with van der Waals surface area (Å²) < 4.78 is 16.5. The summed E-state index contributed by atoms with van der Waals surface area (Å²) in [7, 11) is 4.66. The molecule has 3 atom stereocenters. The number of fused-ring (bicyclic) bond motifs is 5. The Labute approximate surface area is 249 Å². The van der Waals surface area contributed by atoms with Crippen LogP contribution in [0.4, 0.5) is 5.69 Å². The maximum atomic E-state index is 14.8. The maximum Gasteiger partial charge on any atom is 0.185 e. The van der Waals surface area contributed by atoms with E-state index < -0.39 is 23.4 Å². The van der Waals surface area contributed by atoms with Gasteiger partial charge in [0.15, 0.2) is 28.8 Å². The number of rotatable bonds is 6. The van der Waals surface area contributed by atoms with Crippen LogP contribution in [0, 0.1) is 5.41 Å². The van der Waals surface area contributed by atoms with Crippen LogP contribution in [0.2, 0.25) is 0 Å². The smallest absolute Gasteiger partial charge is 0.185 e. The first-order valence-corrected chi connectivity index (χ1v) is 14.1. The van der Waals surface area contributed by atoms with E-state index >= 15 is 0 Å². The summed E-state index contributed by atoms with van der Waals surface area (Å²) in [6, 6.07) is 25.4. The van der Waals surface area contributed by atoms with Gasteiger partial charge in [-0.3, -0.25) is 14.4 Å². The Bertz CT molecular complexity index is 1790. The Morgan fingerprint density at radius 3 is 2.05 bits per heavy atom. The molecule has 4 aromatic carbocycles. The molecule has 1 fully saturated rings. The lowest BCUT2D eigenvalue weighted by atomic mass is 9.64. The van der Waals surface area contributed by atoms with Crippen molar-refractivity contribution in [1.29, 1.82) is 0 Å². The van der Waals surface area contributed by atoms with Crippen molar-refractivity contribution in [2.24, 2.45) is 5.41 Å². The van der Waals surface area contributed by atoms with E-state index in [4.69, 9.17) is 14.2 Å². The third-order valence-corrected chi connectivity index (χ3v) is 9.12. The molecule has 0 aromatic heterocycles. The summed E-state index contributed by atoms with van der Waals surface area (Å²) in [5, 5.41) is 0. The van der Waals surface area contributed by atoms with Gasteiger partial charge in [0, 0.05) is 28.3 Å². The van der Waals surface area contributed by atoms with E-state index in [1.807, 2.05) is 47.4 Å². The number of hydrogen-bond donors (Lipinski definition) is 0. The number of carbonyl (C=O) groups excluding carboxylic acids is 3. The predicted octanol–water partition coefficient (Wildman–Crippen LogP) is 6.03. The number of hydrogen-bond acceptors (Lipinski definition) is 7. The molecule has 0 N–H and O–H groups in total. The molecule has 7 rings (SSSR count). The standard InChI is InChI=1S/C36H29NO6/c1-41-24-16-12-22(13-17-24)33(38)32-31(23-14-18-28(42-2)29(20-23)43-3)36(34(39)25-9-5-6-10-26(25)35(36)40)30-19-15-21-8-4-7-11-27(21)37(30)32/h4-20,30-32H,1-3H3/t30-,31+,32+/m1/s1. The normalized spacial score (nSPS) is 20.9. The maximum absolute atomic E-state index is 14.8. The Kier molecular flexibility index (Phi) is 6.20. The number of benzene rings is 4. The summed E-state index contributed by atoms with van der Waals surface area (Å²) >= 11 is 0. The van der Waals surface area contributed by atoms with Crippen LogP contribution in [-0.2, 0) is 0 Å². The van der Waals surface area contributed by atoms with Gasteiger partial charge in [-0.15, -0.1) is 0 Å². The molecule has 0 unspecified atom stereocenters. The Morgan fingerprint density at radius 1 is 0.744 bits per heavy atom. The van der Waals surface area contributed by atoms with E-state index in [0.717, 1.165) is 11.3 Å². The number of carbonyl (C=O) groups is 3. The lowest BCUT2D eigenvalue weighted by Crippen LogP contribution is -2.48. The van der Waals surface area contributed by atoms with Crippen molar-refractivity contribution < 1.29 is 28.6 Å². The largest absolute Gasteiger partial charge is 0.497 e. The molecule has 1 saturated heterocycles. The van der Waals surface area contributed by atoms with Crippen LogP contribution in [-0.4, -0.2) is 50.8 Å². The van der Waals surface area contributed by atoms with Crippen molar-refractivity contribution in [3.05, 3.63) is 125 Å². The molecule has 7 nitrogen and oxygen atoms in total. The van der Waals surface area contributed by atoms with Crippen LogP contribution in [0.5, 0.6) is 17.2 Å². The summed E-state index contributed by atoms with van der Waals surface area (Å²) in [6.45, 7) is 0. The molecule has 1 spiro atoms. The summed E-state index contributed by atoms with van der Waals surface area (Å²) in [5.41, 5.74) is 1.95. The highest BCUT2D eigenvalue weighted by atomic mass is 16.5. The first kappa shape index (κ1) is 26.7. The Morgan fingerprint density at radius 2 is 1.40 bits per heavy atom. The number of Topliss-reactive ketones (excluding diaryl/α,β-unsaturated/α-hetero) is 3. The molecule has 0 saturated carbocycles. The molecule has 0 bridgehead atoms. The van der Waals surface area contributed by atoms with Gasteiger partial charge < -0.3 is 19.1 Å². The summed E-state index contributed by atoms with van der Waals surface area (Å²) in [4.78, 5) is 46.4. The number of anilines is 1.